The highest BCUT2D eigenvalue weighted by molar-refractivity contribution is 9.10. The van der Waals surface area contributed by atoms with Crippen LogP contribution >= 0.6 is 15.9 Å². The van der Waals surface area contributed by atoms with Gasteiger partial charge in [0, 0.05) is 4.47 Å². The molecule has 0 spiro atoms. The molecule has 0 radical (unpaired) electrons. The van der Waals surface area contributed by atoms with Crippen LogP contribution in [-0.4, -0.2) is 28.5 Å². The van der Waals surface area contributed by atoms with E-state index in [0.29, 0.717) is 0 Å². The summed E-state index contributed by atoms with van der Waals surface area (Å²) in [5.74, 6) is 0. The molecule has 0 fully saturated rings. The van der Waals surface area contributed by atoms with Gasteiger partial charge >= 0.3 is 13.3 Å². The molecule has 2 N–H and O–H groups in total. The Morgan fingerprint density at radius 3 is 2.10 bits per heavy atom. The topological polar surface area (TPSA) is 49.7 Å². The number of hydrogen-bond donors (Lipinski definition) is 2. The van der Waals surface area contributed by atoms with Crippen molar-refractivity contribution in [2.45, 2.75) is 45.1 Å². The van der Waals surface area contributed by atoms with Gasteiger partial charge in [0.25, 0.3) is 0 Å². The maximum Gasteiger partial charge on any atom is 0.491 e. The fourth-order valence-corrected chi connectivity index (χ4v) is 1.88. The van der Waals surface area contributed by atoms with Crippen molar-refractivity contribution in [2.75, 3.05) is 0 Å². The Balaban J connectivity index is 3.07. The number of halogens is 4. The molecule has 3 nitrogen and oxygen atoms in total. The molecule has 0 bridgehead atoms. The largest absolute Gasteiger partial charge is 0.491 e. The van der Waals surface area contributed by atoms with Crippen molar-refractivity contribution in [3.63, 3.8) is 0 Å². The van der Waals surface area contributed by atoms with E-state index in [1.807, 2.05) is 0 Å². The summed E-state index contributed by atoms with van der Waals surface area (Å²) in [4.78, 5) is 0. The van der Waals surface area contributed by atoms with Crippen LogP contribution in [0, 0.1) is 0 Å². The lowest BCUT2D eigenvalue weighted by Gasteiger charge is -2.38. The number of aliphatic hydroxyl groups is 1. The molecule has 0 aliphatic rings. The zero-order chi connectivity index (χ0) is 16.6. The molecule has 1 rings (SSSR count). The Kier molecular flexibility index (Phi) is 5.20. The van der Waals surface area contributed by atoms with Gasteiger partial charge in [0.2, 0.25) is 0 Å². The molecule has 118 valence electrons. The zero-order valence-corrected chi connectivity index (χ0v) is 13.7. The van der Waals surface area contributed by atoms with E-state index in [4.69, 9.17) is 4.65 Å². The third-order valence-corrected chi connectivity index (χ3v) is 4.15. The molecular formula is C13H17BBrF3O3. The second-order valence-corrected chi connectivity index (χ2v) is 6.63. The minimum atomic E-state index is -4.54. The first-order valence-electron chi connectivity index (χ1n) is 6.20. The molecule has 8 heteroatoms. The molecule has 0 aromatic heterocycles. The van der Waals surface area contributed by atoms with E-state index in [-0.39, 0.29) is 9.94 Å². The molecule has 0 saturated carbocycles. The number of hydrogen-bond acceptors (Lipinski definition) is 3. The van der Waals surface area contributed by atoms with E-state index in [2.05, 4.69) is 15.9 Å². The highest BCUT2D eigenvalue weighted by atomic mass is 79.9. The first-order valence-corrected chi connectivity index (χ1v) is 7.00. The van der Waals surface area contributed by atoms with E-state index in [9.17, 15) is 23.3 Å². The lowest BCUT2D eigenvalue weighted by molar-refractivity contribution is -0.138. The summed E-state index contributed by atoms with van der Waals surface area (Å²) in [5.41, 5.74) is -3.37. The summed E-state index contributed by atoms with van der Waals surface area (Å²) in [6.07, 6.45) is -4.54. The van der Waals surface area contributed by atoms with Crippen LogP contribution in [0.1, 0.15) is 33.3 Å². The molecular weight excluding hydrogens is 352 g/mol. The minimum Gasteiger partial charge on any atom is -0.423 e. The average Bonchev–Trinajstić information content (AvgIpc) is 2.25. The van der Waals surface area contributed by atoms with E-state index in [1.54, 1.807) is 13.8 Å². The maximum atomic E-state index is 12.8. The van der Waals surface area contributed by atoms with Gasteiger partial charge in [-0.25, -0.2) is 0 Å². The minimum absolute atomic E-state index is 0.0390. The molecule has 0 aliphatic carbocycles. The molecule has 0 atom stereocenters. The monoisotopic (exact) mass is 368 g/mol. The molecule has 0 aliphatic heterocycles. The standard InChI is InChI=1S/C13H17BBrF3O3/c1-11(2,19)12(3,4)21-14(20)8-5-6-10(15)9(7-8)13(16,17)18/h5-7,19-20H,1-4H3. The van der Waals surface area contributed by atoms with Gasteiger partial charge in [0.1, 0.15) is 0 Å². The Morgan fingerprint density at radius 1 is 1.14 bits per heavy atom. The predicted octanol–water partition coefficient (Wildman–Crippen LogP) is 2.72. The summed E-state index contributed by atoms with van der Waals surface area (Å²) in [5, 5.41) is 19.9. The smallest absolute Gasteiger partial charge is 0.423 e. The molecule has 1 aromatic rings. The van der Waals surface area contributed by atoms with Crippen LogP contribution in [0.4, 0.5) is 13.2 Å². The van der Waals surface area contributed by atoms with Crippen LogP contribution in [0.5, 0.6) is 0 Å². The molecule has 0 heterocycles. The molecule has 21 heavy (non-hydrogen) atoms. The van der Waals surface area contributed by atoms with Gasteiger partial charge in [0.15, 0.2) is 0 Å². The van der Waals surface area contributed by atoms with Gasteiger partial charge < -0.3 is 14.8 Å². The summed E-state index contributed by atoms with van der Waals surface area (Å²) < 4.78 is 43.7. The Bertz CT molecular complexity index is 512. The number of rotatable bonds is 4. The first-order chi connectivity index (χ1) is 9.25. The molecule has 0 saturated heterocycles. The van der Waals surface area contributed by atoms with Gasteiger partial charge in [-0.05, 0) is 45.3 Å². The summed E-state index contributed by atoms with van der Waals surface area (Å²) >= 11 is 2.83. The molecule has 0 unspecified atom stereocenters. The fourth-order valence-electron chi connectivity index (χ4n) is 1.41. The van der Waals surface area contributed by atoms with Gasteiger partial charge in [-0.1, -0.05) is 22.0 Å². The second kappa shape index (κ2) is 5.91. The summed E-state index contributed by atoms with van der Waals surface area (Å²) in [6, 6.07) is 3.33. The highest BCUT2D eigenvalue weighted by Crippen LogP contribution is 2.34. The van der Waals surface area contributed by atoms with Gasteiger partial charge in [-0.2, -0.15) is 13.2 Å². The van der Waals surface area contributed by atoms with Crippen LogP contribution in [0.3, 0.4) is 0 Å². The lowest BCUT2D eigenvalue weighted by Crippen LogP contribution is -2.53. The van der Waals surface area contributed by atoms with E-state index >= 15 is 0 Å². The van der Waals surface area contributed by atoms with Crippen molar-refractivity contribution < 1.29 is 28.0 Å². The number of alkyl halides is 3. The van der Waals surface area contributed by atoms with E-state index < -0.39 is 30.1 Å². The lowest BCUT2D eigenvalue weighted by atomic mass is 9.76. The van der Waals surface area contributed by atoms with Crippen LogP contribution in [0.15, 0.2) is 22.7 Å². The average molecular weight is 369 g/mol. The van der Waals surface area contributed by atoms with Gasteiger partial charge in [0.05, 0.1) is 16.8 Å². The summed E-state index contributed by atoms with van der Waals surface area (Å²) in [7, 11) is -1.58. The Hall–Kier alpha value is -0.565. The van der Waals surface area contributed by atoms with Crippen molar-refractivity contribution >= 4 is 28.5 Å². The normalized spacial score (nSPS) is 13.4. The third kappa shape index (κ3) is 4.45. The third-order valence-electron chi connectivity index (χ3n) is 3.46. The molecule has 1 aromatic carbocycles. The fraction of sp³-hybridized carbons (Fsp3) is 0.538. The summed E-state index contributed by atoms with van der Waals surface area (Å²) in [6.45, 7) is 6.06. The number of benzene rings is 1. The van der Waals surface area contributed by atoms with Gasteiger partial charge in [-0.3, -0.25) is 0 Å². The van der Waals surface area contributed by atoms with E-state index in [1.165, 1.54) is 26.0 Å². The zero-order valence-electron chi connectivity index (χ0n) is 12.1. The van der Waals surface area contributed by atoms with Crippen LogP contribution < -0.4 is 5.46 Å². The van der Waals surface area contributed by atoms with Crippen LogP contribution in [0.2, 0.25) is 0 Å². The van der Waals surface area contributed by atoms with Gasteiger partial charge in [-0.15, -0.1) is 0 Å². The highest BCUT2D eigenvalue weighted by Gasteiger charge is 2.40. The Morgan fingerprint density at radius 2 is 1.67 bits per heavy atom. The first kappa shape index (κ1) is 18.5. The maximum absolute atomic E-state index is 12.8. The predicted molar refractivity (Wildman–Crippen MR) is 78.2 cm³/mol. The van der Waals surface area contributed by atoms with Crippen LogP contribution in [-0.2, 0) is 10.8 Å². The van der Waals surface area contributed by atoms with Crippen molar-refractivity contribution in [2.24, 2.45) is 0 Å². The van der Waals surface area contributed by atoms with Crippen molar-refractivity contribution in [1.29, 1.82) is 0 Å². The van der Waals surface area contributed by atoms with E-state index in [0.717, 1.165) is 6.07 Å². The SMILES string of the molecule is CC(C)(O)C(C)(C)OB(O)c1ccc(Br)c(C(F)(F)F)c1. The van der Waals surface area contributed by atoms with Crippen molar-refractivity contribution in [1.82, 2.24) is 0 Å². The van der Waals surface area contributed by atoms with Crippen molar-refractivity contribution in [3.8, 4) is 0 Å². The van der Waals surface area contributed by atoms with Crippen molar-refractivity contribution in [3.05, 3.63) is 28.2 Å². The molecule has 0 amide bonds. The Labute approximate surface area is 130 Å². The quantitative estimate of drug-likeness (QED) is 0.803. The van der Waals surface area contributed by atoms with Crippen LogP contribution in [0.25, 0.3) is 0 Å². The second-order valence-electron chi connectivity index (χ2n) is 5.78.